The predicted octanol–water partition coefficient (Wildman–Crippen LogP) is 0.911. The van der Waals surface area contributed by atoms with Crippen LogP contribution >= 0.6 is 0 Å². The average molecular weight is 275 g/mol. The van der Waals surface area contributed by atoms with Gasteiger partial charge in [-0.2, -0.15) is 5.48 Å². The smallest absolute Gasteiger partial charge is 0.332 e. The third-order valence-electron chi connectivity index (χ3n) is 3.21. The van der Waals surface area contributed by atoms with E-state index in [1.165, 1.54) is 0 Å². The van der Waals surface area contributed by atoms with E-state index >= 15 is 0 Å². The summed E-state index contributed by atoms with van der Waals surface area (Å²) in [5, 5.41) is 19.8. The fourth-order valence-corrected chi connectivity index (χ4v) is 1.69. The largest absolute Gasteiger partial charge is 0.396 e. The zero-order chi connectivity index (χ0) is 15.1. The highest BCUT2D eigenvalue weighted by Crippen LogP contribution is 2.34. The molecule has 112 valence electrons. The van der Waals surface area contributed by atoms with Crippen molar-refractivity contribution in [1.29, 1.82) is 0 Å². The molecule has 3 N–H and O–H groups in total. The molecule has 0 aromatic carbocycles. The highest BCUT2D eigenvalue weighted by molar-refractivity contribution is 5.86. The maximum absolute atomic E-state index is 12.0. The van der Waals surface area contributed by atoms with Crippen LogP contribution in [0.2, 0.25) is 0 Å². The van der Waals surface area contributed by atoms with Gasteiger partial charge in [0, 0.05) is 11.8 Å². The van der Waals surface area contributed by atoms with Gasteiger partial charge in [-0.05, 0) is 12.8 Å². The van der Waals surface area contributed by atoms with Gasteiger partial charge in [0.15, 0.2) is 5.60 Å². The molecular weight excluding hydrogens is 250 g/mol. The van der Waals surface area contributed by atoms with Crippen LogP contribution in [-0.2, 0) is 14.4 Å². The number of carbonyl (C=O) groups is 2. The number of hydrogen-bond donors (Lipinski definition) is 3. The third kappa shape index (κ3) is 4.47. The number of hydrogen-bond acceptors (Lipinski definition) is 5. The molecule has 19 heavy (non-hydrogen) atoms. The third-order valence-corrected chi connectivity index (χ3v) is 3.21. The van der Waals surface area contributed by atoms with Crippen molar-refractivity contribution in [2.75, 3.05) is 6.61 Å². The topological polar surface area (TPSA) is 95.9 Å². The van der Waals surface area contributed by atoms with Gasteiger partial charge >= 0.3 is 5.97 Å². The van der Waals surface area contributed by atoms with Crippen LogP contribution in [0.4, 0.5) is 0 Å². The van der Waals surface area contributed by atoms with E-state index in [1.54, 1.807) is 13.8 Å². The molecule has 0 radical (unpaired) electrons. The molecule has 0 bridgehead atoms. The summed E-state index contributed by atoms with van der Waals surface area (Å²) in [6.45, 7) is 6.42. The van der Waals surface area contributed by atoms with Gasteiger partial charge in [0.05, 0.1) is 6.61 Å². The van der Waals surface area contributed by atoms with E-state index in [0.29, 0.717) is 12.8 Å². The molecule has 1 unspecified atom stereocenters. The lowest BCUT2D eigenvalue weighted by Gasteiger charge is -2.39. The first kappa shape index (κ1) is 17.9. The summed E-state index contributed by atoms with van der Waals surface area (Å²) < 4.78 is 0. The van der Waals surface area contributed by atoms with E-state index in [4.69, 9.17) is 0 Å². The number of aliphatic hydroxyl groups excluding tert-OH is 1. The Morgan fingerprint density at radius 1 is 1.21 bits per heavy atom. The monoisotopic (exact) mass is 275 g/mol. The first-order valence-corrected chi connectivity index (χ1v) is 6.58. The molecular formula is C13H25NO5. The summed E-state index contributed by atoms with van der Waals surface area (Å²) >= 11 is 0. The van der Waals surface area contributed by atoms with E-state index in [2.05, 4.69) is 4.84 Å². The highest BCUT2D eigenvalue weighted by atomic mass is 16.7. The molecule has 0 heterocycles. The van der Waals surface area contributed by atoms with Crippen LogP contribution in [-0.4, -0.2) is 34.3 Å². The summed E-state index contributed by atoms with van der Waals surface area (Å²) in [6.07, 6.45) is 1.51. The average Bonchev–Trinajstić information content (AvgIpc) is 2.36. The molecule has 0 aromatic heterocycles. The van der Waals surface area contributed by atoms with Gasteiger partial charge < -0.3 is 15.1 Å². The lowest BCUT2D eigenvalue weighted by atomic mass is 9.72. The van der Waals surface area contributed by atoms with Crippen LogP contribution in [0.1, 0.15) is 53.4 Å². The van der Waals surface area contributed by atoms with E-state index in [-0.39, 0.29) is 19.4 Å². The molecule has 1 atom stereocenters. The molecule has 0 aliphatic carbocycles. The number of nitrogens with one attached hydrogen (secondary N) is 1. The molecule has 0 aromatic rings. The number of aliphatic hydroxyl groups is 2. The number of amides is 1. The Bertz CT molecular complexity index is 316. The molecule has 0 aliphatic heterocycles. The quantitative estimate of drug-likeness (QED) is 0.600. The molecule has 0 rings (SSSR count). The van der Waals surface area contributed by atoms with Gasteiger partial charge in [-0.25, -0.2) is 4.79 Å². The fraction of sp³-hybridized carbons (Fsp3) is 0.846. The Labute approximate surface area is 114 Å². The molecule has 0 fully saturated rings. The maximum Gasteiger partial charge on any atom is 0.332 e. The lowest BCUT2D eigenvalue weighted by molar-refractivity contribution is -0.178. The summed E-state index contributed by atoms with van der Waals surface area (Å²) in [6, 6.07) is 0. The summed E-state index contributed by atoms with van der Waals surface area (Å²) in [5.41, 5.74) is -0.843. The molecule has 1 amide bonds. The minimum Gasteiger partial charge on any atom is -0.396 e. The standard InChI is InChI=1S/C13H25NO5/c1-5-7-10(16)19-14-11(17)13(18,8-6-2)12(3,4)9-15/h15,18H,5-9H2,1-4H3,(H,14,17). The number of carbonyl (C=O) groups excluding carboxylic acids is 2. The number of hydroxylamine groups is 1. The lowest BCUT2D eigenvalue weighted by Crippen LogP contribution is -2.57. The summed E-state index contributed by atoms with van der Waals surface area (Å²) in [4.78, 5) is 27.8. The van der Waals surface area contributed by atoms with Crippen molar-refractivity contribution in [3.8, 4) is 0 Å². The second-order valence-corrected chi connectivity index (χ2v) is 5.31. The van der Waals surface area contributed by atoms with Crippen molar-refractivity contribution in [3.05, 3.63) is 0 Å². The second kappa shape index (κ2) is 7.45. The van der Waals surface area contributed by atoms with Crippen LogP contribution in [0.3, 0.4) is 0 Å². The Balaban J connectivity index is 4.80. The van der Waals surface area contributed by atoms with Crippen molar-refractivity contribution < 1.29 is 24.6 Å². The molecule has 0 saturated carbocycles. The minimum atomic E-state index is -1.79. The van der Waals surface area contributed by atoms with Crippen LogP contribution in [0.5, 0.6) is 0 Å². The van der Waals surface area contributed by atoms with E-state index in [0.717, 1.165) is 0 Å². The van der Waals surface area contributed by atoms with Gasteiger partial charge in [0.25, 0.3) is 5.91 Å². The molecule has 6 heteroatoms. The Morgan fingerprint density at radius 3 is 2.21 bits per heavy atom. The first-order chi connectivity index (χ1) is 8.75. The van der Waals surface area contributed by atoms with Crippen LogP contribution in [0.15, 0.2) is 0 Å². The van der Waals surface area contributed by atoms with Crippen molar-refractivity contribution >= 4 is 11.9 Å². The Hall–Kier alpha value is -1.14. The normalized spacial score (nSPS) is 14.6. The fourth-order valence-electron chi connectivity index (χ4n) is 1.69. The molecule has 0 saturated heterocycles. The van der Waals surface area contributed by atoms with Gasteiger partial charge in [0.2, 0.25) is 0 Å². The van der Waals surface area contributed by atoms with Crippen LogP contribution in [0, 0.1) is 5.41 Å². The van der Waals surface area contributed by atoms with Gasteiger partial charge in [-0.1, -0.05) is 34.1 Å². The van der Waals surface area contributed by atoms with Gasteiger partial charge in [-0.15, -0.1) is 0 Å². The van der Waals surface area contributed by atoms with E-state index in [1.807, 2.05) is 19.3 Å². The SMILES string of the molecule is CCCC(=O)ONC(=O)C(O)(CCC)C(C)(C)CO. The van der Waals surface area contributed by atoms with Crippen molar-refractivity contribution in [2.45, 2.75) is 59.0 Å². The van der Waals surface area contributed by atoms with Crippen molar-refractivity contribution in [3.63, 3.8) is 0 Å². The van der Waals surface area contributed by atoms with Crippen LogP contribution in [0.25, 0.3) is 0 Å². The van der Waals surface area contributed by atoms with Gasteiger partial charge in [0.1, 0.15) is 0 Å². The van der Waals surface area contributed by atoms with Crippen LogP contribution < -0.4 is 5.48 Å². The predicted molar refractivity (Wildman–Crippen MR) is 69.9 cm³/mol. The number of rotatable bonds is 7. The zero-order valence-electron chi connectivity index (χ0n) is 12.2. The first-order valence-electron chi connectivity index (χ1n) is 6.58. The van der Waals surface area contributed by atoms with E-state index in [9.17, 15) is 19.8 Å². The molecule has 0 spiro atoms. The second-order valence-electron chi connectivity index (χ2n) is 5.31. The Kier molecular flexibility index (Phi) is 7.00. The zero-order valence-corrected chi connectivity index (χ0v) is 12.2. The summed E-state index contributed by atoms with van der Waals surface area (Å²) in [7, 11) is 0. The molecule has 6 nitrogen and oxygen atoms in total. The minimum absolute atomic E-state index is 0.164. The maximum atomic E-state index is 12.0. The highest BCUT2D eigenvalue weighted by Gasteiger charge is 2.49. The van der Waals surface area contributed by atoms with Crippen molar-refractivity contribution in [2.24, 2.45) is 5.41 Å². The summed E-state index contributed by atoms with van der Waals surface area (Å²) in [5.74, 6) is -1.37. The van der Waals surface area contributed by atoms with Gasteiger partial charge in [-0.3, -0.25) is 4.79 Å². The van der Waals surface area contributed by atoms with Crippen molar-refractivity contribution in [1.82, 2.24) is 5.48 Å². The Morgan fingerprint density at radius 2 is 1.79 bits per heavy atom. The van der Waals surface area contributed by atoms with E-state index < -0.39 is 22.9 Å². The molecule has 0 aliphatic rings.